The van der Waals surface area contributed by atoms with Gasteiger partial charge in [0.25, 0.3) is 0 Å². The maximum Gasteiger partial charge on any atom is 0.0130 e. The van der Waals surface area contributed by atoms with Crippen LogP contribution in [0.5, 0.6) is 0 Å². The lowest BCUT2D eigenvalue weighted by Gasteiger charge is -2.20. The third-order valence-electron chi connectivity index (χ3n) is 10.1. The number of hydrogen-bond acceptors (Lipinski definition) is 0. The van der Waals surface area contributed by atoms with Crippen molar-refractivity contribution < 1.29 is 0 Å². The standard InChI is InChI=1S/C31H26.C18H14/c1-23-14-17-27(18-15-23)31(21-24-16-19-26-10-5-6-11-28(26)20-24)30-13-7-12-29(22-30)25-8-3-2-4-9-25;1-2-9-16-13(5-1)11-12-15-7-3-6-14-8-4-10-17(16)18(14)15/h2-20,22,31H,21H2,1H3;1-10H,11-12H2. The van der Waals surface area contributed by atoms with Crippen molar-refractivity contribution in [3.05, 3.63) is 215 Å². The minimum absolute atomic E-state index is 0.311. The fourth-order valence-corrected chi connectivity index (χ4v) is 7.52. The van der Waals surface area contributed by atoms with Crippen molar-refractivity contribution in [1.82, 2.24) is 0 Å². The second kappa shape index (κ2) is 13.8. The van der Waals surface area contributed by atoms with E-state index in [4.69, 9.17) is 0 Å². The predicted octanol–water partition coefficient (Wildman–Crippen LogP) is 12.8. The van der Waals surface area contributed by atoms with Crippen molar-refractivity contribution in [2.45, 2.75) is 32.1 Å². The number of rotatable bonds is 5. The van der Waals surface area contributed by atoms with Gasteiger partial charge in [-0.05, 0) is 97.8 Å². The fourth-order valence-electron chi connectivity index (χ4n) is 7.52. The molecule has 0 fully saturated rings. The molecule has 0 amide bonds. The Morgan fingerprint density at radius 1 is 0.429 bits per heavy atom. The van der Waals surface area contributed by atoms with Crippen molar-refractivity contribution in [3.63, 3.8) is 0 Å². The lowest BCUT2D eigenvalue weighted by atomic mass is 9.84. The van der Waals surface area contributed by atoms with Crippen molar-refractivity contribution in [1.29, 1.82) is 0 Å². The van der Waals surface area contributed by atoms with Gasteiger partial charge in [0.2, 0.25) is 0 Å². The quantitative estimate of drug-likeness (QED) is 0.178. The molecule has 0 saturated heterocycles. The lowest BCUT2D eigenvalue weighted by molar-refractivity contribution is 0.806. The van der Waals surface area contributed by atoms with Crippen molar-refractivity contribution >= 4 is 21.5 Å². The summed E-state index contributed by atoms with van der Waals surface area (Å²) in [5.41, 5.74) is 13.7. The highest BCUT2D eigenvalue weighted by Gasteiger charge is 2.17. The SMILES string of the molecule is Cc1ccc(C(Cc2ccc3ccccc3c2)c2cccc(-c3ccccc3)c2)cc1.c1ccc2c(c1)CCc1cccc3cccc-2c13. The third kappa shape index (κ3) is 6.56. The van der Waals surface area contributed by atoms with Gasteiger partial charge in [0, 0.05) is 5.92 Å². The van der Waals surface area contributed by atoms with Crippen molar-refractivity contribution in [2.75, 3.05) is 0 Å². The Labute approximate surface area is 290 Å². The van der Waals surface area contributed by atoms with Gasteiger partial charge in [0.15, 0.2) is 0 Å². The van der Waals surface area contributed by atoms with E-state index in [9.17, 15) is 0 Å². The van der Waals surface area contributed by atoms with Gasteiger partial charge in [-0.15, -0.1) is 0 Å². The minimum atomic E-state index is 0.311. The topological polar surface area (TPSA) is 0 Å². The summed E-state index contributed by atoms with van der Waals surface area (Å²) in [6, 6.07) is 66.3. The predicted molar refractivity (Wildman–Crippen MR) is 209 cm³/mol. The first-order chi connectivity index (χ1) is 24.2. The number of aryl methyl sites for hydroxylation is 3. The summed E-state index contributed by atoms with van der Waals surface area (Å²) in [6.07, 6.45) is 3.27. The highest BCUT2D eigenvalue weighted by molar-refractivity contribution is 6.00. The lowest BCUT2D eigenvalue weighted by Crippen LogP contribution is -2.05. The van der Waals surface area contributed by atoms with Gasteiger partial charge in [-0.25, -0.2) is 0 Å². The Morgan fingerprint density at radius 3 is 1.92 bits per heavy atom. The van der Waals surface area contributed by atoms with Crippen LogP contribution < -0.4 is 0 Å². The van der Waals surface area contributed by atoms with Crippen molar-refractivity contribution in [2.24, 2.45) is 0 Å². The molecule has 0 radical (unpaired) electrons. The maximum absolute atomic E-state index is 2.36. The van der Waals surface area contributed by atoms with Crippen LogP contribution in [0.4, 0.5) is 0 Å². The van der Waals surface area contributed by atoms with Gasteiger partial charge in [-0.3, -0.25) is 0 Å². The smallest absolute Gasteiger partial charge is 0.0130 e. The van der Waals surface area contributed by atoms with Gasteiger partial charge in [0.05, 0.1) is 0 Å². The van der Waals surface area contributed by atoms with E-state index in [0.717, 1.165) is 19.3 Å². The molecule has 49 heavy (non-hydrogen) atoms. The fraction of sp³-hybridized carbons (Fsp3) is 0.102. The molecule has 1 aliphatic carbocycles. The Hall–Kier alpha value is -5.72. The Balaban J connectivity index is 0.000000163. The average Bonchev–Trinajstić information content (AvgIpc) is 3.33. The molecule has 1 unspecified atom stereocenters. The largest absolute Gasteiger partial charge is 0.0622 e. The number of benzene rings is 8. The normalized spacial score (nSPS) is 12.4. The molecule has 0 aromatic heterocycles. The monoisotopic (exact) mass is 628 g/mol. The van der Waals surface area contributed by atoms with Crippen LogP contribution >= 0.6 is 0 Å². The Morgan fingerprint density at radius 2 is 1.06 bits per heavy atom. The molecule has 1 atom stereocenters. The summed E-state index contributed by atoms with van der Waals surface area (Å²) in [6.45, 7) is 2.15. The van der Waals surface area contributed by atoms with E-state index in [1.807, 2.05) is 0 Å². The molecule has 8 aromatic carbocycles. The van der Waals surface area contributed by atoms with Gasteiger partial charge < -0.3 is 0 Å². The summed E-state index contributed by atoms with van der Waals surface area (Å²) >= 11 is 0. The Bertz CT molecular complexity index is 2360. The zero-order chi connectivity index (χ0) is 33.0. The summed E-state index contributed by atoms with van der Waals surface area (Å²) in [7, 11) is 0. The van der Waals surface area contributed by atoms with Crippen LogP contribution in [0.1, 0.15) is 39.3 Å². The summed E-state index contributed by atoms with van der Waals surface area (Å²) in [4.78, 5) is 0. The summed E-state index contributed by atoms with van der Waals surface area (Å²) in [5, 5.41) is 5.41. The first-order valence-corrected chi connectivity index (χ1v) is 17.5. The Kier molecular flexibility index (Phi) is 8.61. The zero-order valence-corrected chi connectivity index (χ0v) is 28.0. The van der Waals surface area contributed by atoms with Crippen LogP contribution in [0, 0.1) is 6.92 Å². The van der Waals surface area contributed by atoms with Crippen LogP contribution in [0.15, 0.2) is 182 Å². The minimum Gasteiger partial charge on any atom is -0.0622 e. The molecular formula is C49H40. The molecule has 0 aliphatic heterocycles. The molecule has 0 spiro atoms. The first-order valence-electron chi connectivity index (χ1n) is 17.5. The maximum atomic E-state index is 2.36. The van der Waals surface area contributed by atoms with E-state index >= 15 is 0 Å². The number of fused-ring (bicyclic) bond motifs is 3. The summed E-state index contributed by atoms with van der Waals surface area (Å²) in [5.74, 6) is 0.311. The van der Waals surface area contributed by atoms with Crippen LogP contribution in [0.25, 0.3) is 43.8 Å². The van der Waals surface area contributed by atoms with Crippen molar-refractivity contribution in [3.8, 4) is 22.3 Å². The van der Waals surface area contributed by atoms with Crippen LogP contribution in [0.2, 0.25) is 0 Å². The highest BCUT2D eigenvalue weighted by Crippen LogP contribution is 2.37. The first kappa shape index (κ1) is 30.6. The van der Waals surface area contributed by atoms with E-state index in [2.05, 4.69) is 189 Å². The number of hydrogen-bond donors (Lipinski definition) is 0. The molecule has 0 bridgehead atoms. The molecule has 1 aliphatic rings. The van der Waals surface area contributed by atoms with E-state index in [-0.39, 0.29) is 0 Å². The van der Waals surface area contributed by atoms with Gasteiger partial charge in [-0.1, -0.05) is 188 Å². The molecule has 8 aromatic rings. The molecule has 0 heterocycles. The highest BCUT2D eigenvalue weighted by atomic mass is 14.2. The third-order valence-corrected chi connectivity index (χ3v) is 10.1. The molecular weight excluding hydrogens is 589 g/mol. The van der Waals surface area contributed by atoms with E-state index in [1.165, 1.54) is 77.2 Å². The van der Waals surface area contributed by atoms with E-state index < -0.39 is 0 Å². The van der Waals surface area contributed by atoms with E-state index in [1.54, 1.807) is 0 Å². The summed E-state index contributed by atoms with van der Waals surface area (Å²) < 4.78 is 0. The molecule has 236 valence electrons. The van der Waals surface area contributed by atoms with Crippen LogP contribution in [-0.2, 0) is 19.3 Å². The molecule has 0 nitrogen and oxygen atoms in total. The van der Waals surface area contributed by atoms with Crippen LogP contribution in [-0.4, -0.2) is 0 Å². The second-order valence-corrected chi connectivity index (χ2v) is 13.3. The molecule has 0 heteroatoms. The second-order valence-electron chi connectivity index (χ2n) is 13.3. The van der Waals surface area contributed by atoms with Gasteiger partial charge in [0.1, 0.15) is 0 Å². The molecule has 9 rings (SSSR count). The van der Waals surface area contributed by atoms with E-state index in [0.29, 0.717) is 5.92 Å². The van der Waals surface area contributed by atoms with Gasteiger partial charge in [-0.2, -0.15) is 0 Å². The van der Waals surface area contributed by atoms with Crippen LogP contribution in [0.3, 0.4) is 0 Å². The molecule has 0 saturated carbocycles. The van der Waals surface area contributed by atoms with Gasteiger partial charge >= 0.3 is 0 Å². The molecule has 0 N–H and O–H groups in total. The average molecular weight is 629 g/mol. The zero-order valence-electron chi connectivity index (χ0n) is 28.0.